The van der Waals surface area contributed by atoms with Gasteiger partial charge in [-0.25, -0.2) is 4.79 Å². The second-order valence-corrected chi connectivity index (χ2v) is 5.42. The van der Waals surface area contributed by atoms with Crippen molar-refractivity contribution in [1.29, 1.82) is 0 Å². The Hall–Kier alpha value is -3.22. The van der Waals surface area contributed by atoms with Crippen LogP contribution in [0, 0.1) is 17.0 Å². The zero-order valence-corrected chi connectivity index (χ0v) is 14.1. The first kappa shape index (κ1) is 18.1. The zero-order chi connectivity index (χ0) is 18.6. The van der Waals surface area contributed by atoms with Crippen LogP contribution in [0.3, 0.4) is 0 Å². The number of carbonyl (C=O) groups is 2. The molecular formula is C18H17NO6. The second kappa shape index (κ2) is 7.57. The van der Waals surface area contributed by atoms with Gasteiger partial charge in [-0.05, 0) is 38.1 Å². The van der Waals surface area contributed by atoms with Gasteiger partial charge >= 0.3 is 5.97 Å². The highest BCUT2D eigenvalue weighted by molar-refractivity contribution is 5.94. The van der Waals surface area contributed by atoms with E-state index in [-0.39, 0.29) is 23.6 Å². The lowest BCUT2D eigenvalue weighted by molar-refractivity contribution is -0.385. The van der Waals surface area contributed by atoms with Gasteiger partial charge in [0, 0.05) is 22.8 Å². The number of hydrogen-bond acceptors (Lipinski definition) is 6. The summed E-state index contributed by atoms with van der Waals surface area (Å²) >= 11 is 0. The molecule has 0 aliphatic carbocycles. The normalized spacial score (nSPS) is 10.2. The van der Waals surface area contributed by atoms with E-state index in [1.807, 2.05) is 0 Å². The summed E-state index contributed by atoms with van der Waals surface area (Å²) in [6, 6.07) is 8.97. The van der Waals surface area contributed by atoms with Gasteiger partial charge in [0.25, 0.3) is 5.69 Å². The molecule has 0 spiro atoms. The van der Waals surface area contributed by atoms with Gasteiger partial charge in [0.2, 0.25) is 0 Å². The molecule has 2 rings (SSSR count). The van der Waals surface area contributed by atoms with Crippen molar-refractivity contribution < 1.29 is 24.0 Å². The van der Waals surface area contributed by atoms with Crippen LogP contribution in [0.15, 0.2) is 36.4 Å². The van der Waals surface area contributed by atoms with E-state index < -0.39 is 10.9 Å². The molecule has 0 fully saturated rings. The number of nitro benzene ring substituents is 1. The molecule has 25 heavy (non-hydrogen) atoms. The highest BCUT2D eigenvalue weighted by Gasteiger charge is 2.17. The maximum Gasteiger partial charge on any atom is 0.338 e. The molecule has 0 bridgehead atoms. The van der Waals surface area contributed by atoms with Crippen molar-refractivity contribution in [2.24, 2.45) is 0 Å². The summed E-state index contributed by atoms with van der Waals surface area (Å²) in [5, 5.41) is 11.0. The fourth-order valence-electron chi connectivity index (χ4n) is 2.27. The molecule has 0 aromatic heterocycles. The lowest BCUT2D eigenvalue weighted by Gasteiger charge is -2.11. The minimum absolute atomic E-state index is 0.0824. The first-order valence-electron chi connectivity index (χ1n) is 7.43. The molecular weight excluding hydrogens is 326 g/mol. The molecule has 0 aliphatic heterocycles. The second-order valence-electron chi connectivity index (χ2n) is 5.42. The van der Waals surface area contributed by atoms with Crippen LogP contribution in [0.4, 0.5) is 5.69 Å². The molecule has 2 aromatic carbocycles. The summed E-state index contributed by atoms with van der Waals surface area (Å²) in [5.41, 5.74) is 1.39. The van der Waals surface area contributed by atoms with E-state index >= 15 is 0 Å². The largest absolute Gasteiger partial charge is 0.496 e. The molecule has 0 saturated heterocycles. The Morgan fingerprint density at radius 1 is 1.12 bits per heavy atom. The van der Waals surface area contributed by atoms with Crippen LogP contribution in [-0.2, 0) is 11.3 Å². The number of esters is 1. The Balaban J connectivity index is 2.20. The van der Waals surface area contributed by atoms with Crippen LogP contribution < -0.4 is 4.74 Å². The van der Waals surface area contributed by atoms with Gasteiger partial charge in [-0.15, -0.1) is 0 Å². The van der Waals surface area contributed by atoms with Crippen LogP contribution in [0.5, 0.6) is 5.75 Å². The monoisotopic (exact) mass is 343 g/mol. The smallest absolute Gasteiger partial charge is 0.338 e. The third kappa shape index (κ3) is 4.20. The molecule has 0 saturated carbocycles. The Morgan fingerprint density at radius 3 is 2.40 bits per heavy atom. The van der Waals surface area contributed by atoms with Crippen molar-refractivity contribution in [3.8, 4) is 5.75 Å². The van der Waals surface area contributed by atoms with Crippen LogP contribution in [0.1, 0.15) is 38.8 Å². The van der Waals surface area contributed by atoms with Gasteiger partial charge in [-0.1, -0.05) is 6.07 Å². The summed E-state index contributed by atoms with van der Waals surface area (Å²) in [6.07, 6.45) is 0. The van der Waals surface area contributed by atoms with E-state index in [1.165, 1.54) is 32.2 Å². The van der Waals surface area contributed by atoms with Crippen LogP contribution in [0.2, 0.25) is 0 Å². The number of nitrogens with zero attached hydrogens (tertiary/aromatic N) is 1. The number of benzene rings is 2. The Morgan fingerprint density at radius 2 is 1.80 bits per heavy atom. The van der Waals surface area contributed by atoms with Crippen molar-refractivity contribution in [2.45, 2.75) is 20.5 Å². The van der Waals surface area contributed by atoms with E-state index in [0.29, 0.717) is 22.4 Å². The summed E-state index contributed by atoms with van der Waals surface area (Å²) < 4.78 is 10.4. The highest BCUT2D eigenvalue weighted by Crippen LogP contribution is 2.23. The van der Waals surface area contributed by atoms with E-state index in [2.05, 4.69) is 0 Å². The van der Waals surface area contributed by atoms with Gasteiger partial charge in [-0.2, -0.15) is 0 Å². The van der Waals surface area contributed by atoms with Crippen molar-refractivity contribution in [2.75, 3.05) is 7.11 Å². The number of rotatable bonds is 6. The van der Waals surface area contributed by atoms with Gasteiger partial charge in [-0.3, -0.25) is 14.9 Å². The third-order valence-electron chi connectivity index (χ3n) is 3.69. The molecule has 0 aliphatic rings. The van der Waals surface area contributed by atoms with Crippen molar-refractivity contribution in [1.82, 2.24) is 0 Å². The SMILES string of the molecule is COc1ccc(C(C)=O)cc1COC(=O)c1ccc(C)c([N+](=O)[O-])c1. The number of carbonyl (C=O) groups excluding carboxylic acids is 2. The van der Waals surface area contributed by atoms with Gasteiger partial charge in [0.1, 0.15) is 12.4 Å². The van der Waals surface area contributed by atoms with Gasteiger partial charge < -0.3 is 9.47 Å². The summed E-state index contributed by atoms with van der Waals surface area (Å²) in [4.78, 5) is 34.1. The predicted molar refractivity (Wildman–Crippen MR) is 90.0 cm³/mol. The molecule has 0 amide bonds. The molecule has 0 heterocycles. The number of Topliss-reactive ketones (excluding diaryl/α,β-unsaturated/α-hetero) is 1. The average Bonchev–Trinajstić information content (AvgIpc) is 2.59. The average molecular weight is 343 g/mol. The molecule has 7 nitrogen and oxygen atoms in total. The highest BCUT2D eigenvalue weighted by atomic mass is 16.6. The molecule has 0 atom stereocenters. The lowest BCUT2D eigenvalue weighted by atomic mass is 10.1. The van der Waals surface area contributed by atoms with E-state index in [4.69, 9.17) is 9.47 Å². The fraction of sp³-hybridized carbons (Fsp3) is 0.222. The maximum absolute atomic E-state index is 12.2. The molecule has 130 valence electrons. The molecule has 0 unspecified atom stereocenters. The molecule has 0 radical (unpaired) electrons. The topological polar surface area (TPSA) is 95.7 Å². The number of methoxy groups -OCH3 is 1. The third-order valence-corrected chi connectivity index (χ3v) is 3.69. The number of ether oxygens (including phenoxy) is 2. The van der Waals surface area contributed by atoms with Crippen molar-refractivity contribution >= 4 is 17.4 Å². The number of hydrogen-bond donors (Lipinski definition) is 0. The van der Waals surface area contributed by atoms with Gasteiger partial charge in [0.15, 0.2) is 5.78 Å². The van der Waals surface area contributed by atoms with Crippen molar-refractivity contribution in [3.63, 3.8) is 0 Å². The van der Waals surface area contributed by atoms with Crippen LogP contribution in [-0.4, -0.2) is 23.8 Å². The van der Waals surface area contributed by atoms with Crippen LogP contribution in [0.25, 0.3) is 0 Å². The van der Waals surface area contributed by atoms with E-state index in [9.17, 15) is 19.7 Å². The maximum atomic E-state index is 12.2. The fourth-order valence-corrected chi connectivity index (χ4v) is 2.27. The van der Waals surface area contributed by atoms with E-state index in [1.54, 1.807) is 25.1 Å². The number of aryl methyl sites for hydroxylation is 1. The Labute approximate surface area is 144 Å². The number of nitro groups is 1. The first-order valence-corrected chi connectivity index (χ1v) is 7.43. The Bertz CT molecular complexity index is 843. The van der Waals surface area contributed by atoms with E-state index in [0.717, 1.165) is 0 Å². The predicted octanol–water partition coefficient (Wildman–Crippen LogP) is 3.47. The molecule has 2 aromatic rings. The summed E-state index contributed by atoms with van der Waals surface area (Å²) in [6.45, 7) is 2.90. The summed E-state index contributed by atoms with van der Waals surface area (Å²) in [5.74, 6) is -0.338. The quantitative estimate of drug-likeness (QED) is 0.345. The minimum atomic E-state index is -0.696. The van der Waals surface area contributed by atoms with Crippen LogP contribution >= 0.6 is 0 Å². The number of ketones is 1. The van der Waals surface area contributed by atoms with Crippen molar-refractivity contribution in [3.05, 3.63) is 68.8 Å². The Kier molecular flexibility index (Phi) is 5.49. The standard InChI is InChI=1S/C18H17NO6/c1-11-4-5-14(9-16(11)19(22)23)18(21)25-10-15-8-13(12(2)20)6-7-17(15)24-3/h4-9H,10H2,1-3H3. The minimum Gasteiger partial charge on any atom is -0.496 e. The summed E-state index contributed by atoms with van der Waals surface area (Å²) in [7, 11) is 1.47. The zero-order valence-electron chi connectivity index (χ0n) is 14.1. The molecule has 0 N–H and O–H groups in total. The van der Waals surface area contributed by atoms with Gasteiger partial charge in [0.05, 0.1) is 17.6 Å². The molecule has 7 heteroatoms. The lowest BCUT2D eigenvalue weighted by Crippen LogP contribution is -2.08. The first-order chi connectivity index (χ1) is 11.8.